The van der Waals surface area contributed by atoms with Crippen LogP contribution < -0.4 is 16.0 Å². The van der Waals surface area contributed by atoms with Crippen molar-refractivity contribution in [1.82, 2.24) is 15.4 Å². The largest absolute Gasteiger partial charge is 0.480 e. The summed E-state index contributed by atoms with van der Waals surface area (Å²) in [5.41, 5.74) is 3.62. The number of rotatable bonds is 4. The Labute approximate surface area is 106 Å². The van der Waals surface area contributed by atoms with Crippen LogP contribution in [0.5, 0.6) is 5.88 Å². The quantitative estimate of drug-likeness (QED) is 0.600. The summed E-state index contributed by atoms with van der Waals surface area (Å²) in [7, 11) is 1.60. The van der Waals surface area contributed by atoms with Crippen LogP contribution in [0.1, 0.15) is 31.0 Å². The average molecular weight is 250 g/mol. The molecule has 1 aromatic heterocycles. The number of methoxy groups -OCH3 is 1. The van der Waals surface area contributed by atoms with Crippen molar-refractivity contribution < 1.29 is 9.47 Å². The predicted octanol–water partition coefficient (Wildman–Crippen LogP) is 0.557. The number of hydrogen-bond donors (Lipinski definition) is 2. The summed E-state index contributed by atoms with van der Waals surface area (Å²) < 4.78 is 11.1. The van der Waals surface area contributed by atoms with Gasteiger partial charge in [-0.1, -0.05) is 0 Å². The molecule has 0 amide bonds. The average Bonchev–Trinajstić information content (AvgIpc) is 3.03. The number of hydrogen-bond acceptors (Lipinski definition) is 6. The number of ether oxygens (including phenoxy) is 2. The highest BCUT2D eigenvalue weighted by atomic mass is 16.5. The molecule has 3 rings (SSSR count). The maximum absolute atomic E-state index is 5.88. The Kier molecular flexibility index (Phi) is 3.15. The molecular formula is C12H18N4O2. The van der Waals surface area contributed by atoms with Crippen LogP contribution in [0.25, 0.3) is 0 Å². The van der Waals surface area contributed by atoms with Gasteiger partial charge in [-0.2, -0.15) is 0 Å². The Morgan fingerprint density at radius 2 is 2.28 bits per heavy atom. The minimum Gasteiger partial charge on any atom is -0.480 e. The summed E-state index contributed by atoms with van der Waals surface area (Å²) in [4.78, 5) is 8.54. The molecular weight excluding hydrogens is 232 g/mol. The Balaban J connectivity index is 1.88. The number of nitrogens with zero attached hydrogens (tertiary/aromatic N) is 2. The van der Waals surface area contributed by atoms with Crippen LogP contribution in [0, 0.1) is 5.92 Å². The summed E-state index contributed by atoms with van der Waals surface area (Å²) in [5, 5.41) is 0. The van der Waals surface area contributed by atoms with Crippen molar-refractivity contribution >= 4 is 0 Å². The molecule has 0 saturated carbocycles. The van der Waals surface area contributed by atoms with Crippen LogP contribution >= 0.6 is 0 Å². The van der Waals surface area contributed by atoms with E-state index in [0.717, 1.165) is 25.0 Å². The Morgan fingerprint density at radius 3 is 2.89 bits per heavy atom. The third-order valence-corrected chi connectivity index (χ3v) is 3.94. The lowest BCUT2D eigenvalue weighted by Crippen LogP contribution is -2.38. The second kappa shape index (κ2) is 4.79. The number of hydrazine groups is 1. The molecule has 0 radical (unpaired) electrons. The lowest BCUT2D eigenvalue weighted by Gasteiger charge is -2.27. The molecule has 6 heteroatoms. The molecule has 2 bridgehead atoms. The monoisotopic (exact) mass is 250 g/mol. The molecule has 2 fully saturated rings. The Hall–Kier alpha value is -1.24. The van der Waals surface area contributed by atoms with Crippen LogP contribution in [0.3, 0.4) is 0 Å². The zero-order valence-electron chi connectivity index (χ0n) is 10.4. The van der Waals surface area contributed by atoms with Gasteiger partial charge in [0.15, 0.2) is 0 Å². The summed E-state index contributed by atoms with van der Waals surface area (Å²) >= 11 is 0. The molecule has 2 aliphatic rings. The van der Waals surface area contributed by atoms with E-state index in [1.54, 1.807) is 19.5 Å². The Bertz CT molecular complexity index is 428. The molecule has 0 aliphatic carbocycles. The van der Waals surface area contributed by atoms with Crippen molar-refractivity contribution in [3.63, 3.8) is 0 Å². The molecule has 4 atom stereocenters. The van der Waals surface area contributed by atoms with Crippen LogP contribution in [0.2, 0.25) is 0 Å². The van der Waals surface area contributed by atoms with Crippen LogP contribution in [-0.4, -0.2) is 29.3 Å². The van der Waals surface area contributed by atoms with Gasteiger partial charge in [0.05, 0.1) is 25.4 Å². The molecule has 1 aromatic rings. The first kappa shape index (κ1) is 11.8. The summed E-state index contributed by atoms with van der Waals surface area (Å²) in [6.07, 6.45) is 7.25. The van der Waals surface area contributed by atoms with E-state index in [1.807, 2.05) is 0 Å². The van der Waals surface area contributed by atoms with E-state index in [-0.39, 0.29) is 12.1 Å². The molecule has 18 heavy (non-hydrogen) atoms. The van der Waals surface area contributed by atoms with E-state index in [2.05, 4.69) is 15.4 Å². The van der Waals surface area contributed by atoms with E-state index < -0.39 is 0 Å². The third-order valence-electron chi connectivity index (χ3n) is 3.94. The molecule has 0 aromatic carbocycles. The number of aromatic nitrogens is 2. The van der Waals surface area contributed by atoms with Gasteiger partial charge < -0.3 is 9.47 Å². The molecule has 4 unspecified atom stereocenters. The van der Waals surface area contributed by atoms with Crippen molar-refractivity contribution in [3.05, 3.63) is 18.1 Å². The molecule has 2 aliphatic heterocycles. The lowest BCUT2D eigenvalue weighted by atomic mass is 9.83. The second-order valence-corrected chi connectivity index (χ2v) is 4.87. The molecule has 6 nitrogen and oxygen atoms in total. The fraction of sp³-hybridized carbons (Fsp3) is 0.667. The number of fused-ring (bicyclic) bond motifs is 2. The zero-order valence-corrected chi connectivity index (χ0v) is 10.4. The first-order valence-corrected chi connectivity index (χ1v) is 6.30. The summed E-state index contributed by atoms with van der Waals surface area (Å²) in [6, 6.07) is -0.0658. The van der Waals surface area contributed by atoms with Crippen LogP contribution in [0.4, 0.5) is 0 Å². The molecule has 98 valence electrons. The van der Waals surface area contributed by atoms with E-state index in [0.29, 0.717) is 17.9 Å². The van der Waals surface area contributed by atoms with Crippen LogP contribution in [-0.2, 0) is 4.74 Å². The minimum atomic E-state index is -0.0658. The standard InChI is InChI=1S/C12H18N4O2/c1-17-12-11(14-4-5-15-12)10(16-13)8-6-7-2-3-9(8)18-7/h4-5,7-10,16H,2-3,6,13H2,1H3. The van der Waals surface area contributed by atoms with E-state index in [9.17, 15) is 0 Å². The van der Waals surface area contributed by atoms with Gasteiger partial charge in [0.1, 0.15) is 5.69 Å². The van der Waals surface area contributed by atoms with Gasteiger partial charge >= 0.3 is 0 Å². The number of nitrogens with two attached hydrogens (primary N) is 1. The first-order valence-electron chi connectivity index (χ1n) is 6.30. The van der Waals surface area contributed by atoms with Gasteiger partial charge in [-0.3, -0.25) is 16.3 Å². The highest BCUT2D eigenvalue weighted by molar-refractivity contribution is 5.23. The topological polar surface area (TPSA) is 82.3 Å². The highest BCUT2D eigenvalue weighted by Crippen LogP contribution is 2.45. The molecule has 2 saturated heterocycles. The van der Waals surface area contributed by atoms with Crippen molar-refractivity contribution in [2.24, 2.45) is 11.8 Å². The van der Waals surface area contributed by atoms with Gasteiger partial charge in [0, 0.05) is 18.3 Å². The van der Waals surface area contributed by atoms with Crippen molar-refractivity contribution in [2.75, 3.05) is 7.11 Å². The van der Waals surface area contributed by atoms with Crippen LogP contribution in [0.15, 0.2) is 12.4 Å². The van der Waals surface area contributed by atoms with E-state index >= 15 is 0 Å². The predicted molar refractivity (Wildman–Crippen MR) is 64.7 cm³/mol. The summed E-state index contributed by atoms with van der Waals surface area (Å²) in [6.45, 7) is 0. The van der Waals surface area contributed by atoms with E-state index in [4.69, 9.17) is 15.3 Å². The van der Waals surface area contributed by atoms with Crippen molar-refractivity contribution in [1.29, 1.82) is 0 Å². The summed E-state index contributed by atoms with van der Waals surface area (Å²) in [5.74, 6) is 6.59. The zero-order chi connectivity index (χ0) is 12.5. The van der Waals surface area contributed by atoms with Gasteiger partial charge in [0.2, 0.25) is 5.88 Å². The third kappa shape index (κ3) is 1.86. The Morgan fingerprint density at radius 1 is 1.44 bits per heavy atom. The molecule has 3 N–H and O–H groups in total. The van der Waals surface area contributed by atoms with Crippen molar-refractivity contribution in [3.8, 4) is 5.88 Å². The minimum absolute atomic E-state index is 0.0658. The fourth-order valence-electron chi connectivity index (χ4n) is 3.14. The maximum atomic E-state index is 5.88. The van der Waals surface area contributed by atoms with Gasteiger partial charge in [0.25, 0.3) is 0 Å². The molecule has 0 spiro atoms. The highest BCUT2D eigenvalue weighted by Gasteiger charge is 2.45. The molecule has 3 heterocycles. The van der Waals surface area contributed by atoms with E-state index in [1.165, 1.54) is 0 Å². The smallest absolute Gasteiger partial charge is 0.237 e. The van der Waals surface area contributed by atoms with Gasteiger partial charge in [-0.15, -0.1) is 0 Å². The maximum Gasteiger partial charge on any atom is 0.237 e. The van der Waals surface area contributed by atoms with Gasteiger partial charge in [-0.05, 0) is 19.3 Å². The first-order chi connectivity index (χ1) is 8.83. The fourth-order valence-corrected chi connectivity index (χ4v) is 3.14. The SMILES string of the molecule is COc1nccnc1C(NN)C1CC2CCC1O2. The number of nitrogens with one attached hydrogen (secondary N) is 1. The second-order valence-electron chi connectivity index (χ2n) is 4.87. The van der Waals surface area contributed by atoms with Crippen molar-refractivity contribution in [2.45, 2.75) is 37.5 Å². The normalized spacial score (nSPS) is 31.6. The van der Waals surface area contributed by atoms with Gasteiger partial charge in [-0.25, -0.2) is 4.98 Å². The lowest BCUT2D eigenvalue weighted by molar-refractivity contribution is 0.0850.